The van der Waals surface area contributed by atoms with Crippen LogP contribution in [0.5, 0.6) is 0 Å². The number of nitrogens with zero attached hydrogens (tertiary/aromatic N) is 2. The van der Waals surface area contributed by atoms with Crippen molar-refractivity contribution in [3.8, 4) is 0 Å². The lowest BCUT2D eigenvalue weighted by molar-refractivity contribution is 0.322. The fourth-order valence-electron chi connectivity index (χ4n) is 4.98. The standard InChI is InChI=1S/C26H28FN3/c1-16(2)19-7-9-24-25(14-19)30-26(29-24)13-17-3-5-18(6-4-17)21-11-12-28-23-10-8-20(27)15-22(21)23/h7-12,14-18H,3-6,13H2,1-2H3,(H,29,30)/t17-,18+. The Morgan fingerprint density at radius 1 is 1.00 bits per heavy atom. The fraction of sp³-hybridized carbons (Fsp3) is 0.385. The van der Waals surface area contributed by atoms with E-state index < -0.39 is 0 Å². The Hall–Kier alpha value is -2.75. The quantitative estimate of drug-likeness (QED) is 0.404. The number of rotatable bonds is 4. The summed E-state index contributed by atoms with van der Waals surface area (Å²) in [4.78, 5) is 12.8. The molecule has 0 aliphatic heterocycles. The van der Waals surface area contributed by atoms with Gasteiger partial charge in [-0.05, 0) is 91.0 Å². The van der Waals surface area contributed by atoms with Crippen LogP contribution in [0.2, 0.25) is 0 Å². The third kappa shape index (κ3) is 3.71. The van der Waals surface area contributed by atoms with Gasteiger partial charge in [-0.1, -0.05) is 19.9 Å². The van der Waals surface area contributed by atoms with Crippen LogP contribution in [0.15, 0.2) is 48.7 Å². The van der Waals surface area contributed by atoms with Gasteiger partial charge < -0.3 is 4.98 Å². The molecule has 2 aromatic heterocycles. The number of H-pyrrole nitrogens is 1. The average Bonchev–Trinajstić information content (AvgIpc) is 3.15. The fourth-order valence-corrected chi connectivity index (χ4v) is 4.98. The lowest BCUT2D eigenvalue weighted by Crippen LogP contribution is -2.16. The van der Waals surface area contributed by atoms with Gasteiger partial charge in [0.1, 0.15) is 11.6 Å². The highest BCUT2D eigenvalue weighted by molar-refractivity contribution is 5.82. The number of hydrogen-bond donors (Lipinski definition) is 1. The predicted molar refractivity (Wildman–Crippen MR) is 120 cm³/mol. The molecule has 0 unspecified atom stereocenters. The highest BCUT2D eigenvalue weighted by Gasteiger charge is 2.25. The van der Waals surface area contributed by atoms with E-state index in [0.29, 0.717) is 17.8 Å². The maximum absolute atomic E-state index is 13.8. The SMILES string of the molecule is CC(C)c1ccc2[nH]c(C[C@H]3CC[C@@H](c4ccnc5ccc(F)cc54)CC3)nc2c1. The van der Waals surface area contributed by atoms with Crippen LogP contribution >= 0.6 is 0 Å². The average molecular weight is 402 g/mol. The van der Waals surface area contributed by atoms with Gasteiger partial charge in [-0.2, -0.15) is 0 Å². The molecular weight excluding hydrogens is 373 g/mol. The molecule has 2 aromatic carbocycles. The van der Waals surface area contributed by atoms with E-state index >= 15 is 0 Å². The molecule has 3 nitrogen and oxygen atoms in total. The minimum atomic E-state index is -0.184. The first-order chi connectivity index (χ1) is 14.6. The lowest BCUT2D eigenvalue weighted by Gasteiger charge is -2.29. The molecule has 1 saturated carbocycles. The maximum atomic E-state index is 13.8. The van der Waals surface area contributed by atoms with E-state index in [0.717, 1.165) is 47.0 Å². The van der Waals surface area contributed by atoms with E-state index in [9.17, 15) is 4.39 Å². The molecule has 4 heteroatoms. The number of hydrogen-bond acceptors (Lipinski definition) is 2. The lowest BCUT2D eigenvalue weighted by atomic mass is 9.77. The summed E-state index contributed by atoms with van der Waals surface area (Å²) in [5.41, 5.74) is 5.69. The molecule has 0 saturated heterocycles. The van der Waals surface area contributed by atoms with Crippen molar-refractivity contribution >= 4 is 21.9 Å². The summed E-state index contributed by atoms with van der Waals surface area (Å²) in [6, 6.07) is 13.6. The summed E-state index contributed by atoms with van der Waals surface area (Å²) in [6.45, 7) is 4.43. The van der Waals surface area contributed by atoms with Crippen LogP contribution in [-0.4, -0.2) is 15.0 Å². The first kappa shape index (κ1) is 19.2. The first-order valence-corrected chi connectivity index (χ1v) is 11.1. The van der Waals surface area contributed by atoms with Crippen molar-refractivity contribution in [3.63, 3.8) is 0 Å². The van der Waals surface area contributed by atoms with E-state index in [1.807, 2.05) is 6.20 Å². The van der Waals surface area contributed by atoms with Crippen LogP contribution in [0.25, 0.3) is 21.9 Å². The van der Waals surface area contributed by atoms with Crippen molar-refractivity contribution < 1.29 is 4.39 Å². The van der Waals surface area contributed by atoms with Crippen molar-refractivity contribution in [2.75, 3.05) is 0 Å². The van der Waals surface area contributed by atoms with Crippen LogP contribution in [0, 0.1) is 11.7 Å². The molecular formula is C26H28FN3. The third-order valence-electron chi connectivity index (χ3n) is 6.73. The van der Waals surface area contributed by atoms with Gasteiger partial charge >= 0.3 is 0 Å². The van der Waals surface area contributed by atoms with Crippen LogP contribution in [0.3, 0.4) is 0 Å². The normalized spacial score (nSPS) is 19.7. The van der Waals surface area contributed by atoms with Gasteiger partial charge in [0, 0.05) is 18.0 Å². The topological polar surface area (TPSA) is 41.6 Å². The second-order valence-electron chi connectivity index (χ2n) is 9.10. The van der Waals surface area contributed by atoms with Crippen molar-refractivity contribution in [3.05, 3.63) is 71.4 Å². The summed E-state index contributed by atoms with van der Waals surface area (Å²) in [7, 11) is 0. The highest BCUT2D eigenvalue weighted by atomic mass is 19.1. The van der Waals surface area contributed by atoms with E-state index in [4.69, 9.17) is 4.98 Å². The summed E-state index contributed by atoms with van der Waals surface area (Å²) >= 11 is 0. The van der Waals surface area contributed by atoms with Crippen LogP contribution < -0.4 is 0 Å². The molecule has 5 rings (SSSR count). The van der Waals surface area contributed by atoms with Gasteiger partial charge in [0.2, 0.25) is 0 Å². The van der Waals surface area contributed by atoms with Crippen LogP contribution in [0.4, 0.5) is 4.39 Å². The van der Waals surface area contributed by atoms with Gasteiger partial charge in [-0.3, -0.25) is 4.98 Å². The van der Waals surface area contributed by atoms with E-state index in [-0.39, 0.29) is 5.82 Å². The highest BCUT2D eigenvalue weighted by Crippen LogP contribution is 2.39. The van der Waals surface area contributed by atoms with E-state index in [1.54, 1.807) is 12.1 Å². The number of pyridine rings is 1. The predicted octanol–water partition coefficient (Wildman–Crippen LogP) is 6.89. The molecule has 1 N–H and O–H groups in total. The number of halogens is 1. The Balaban J connectivity index is 1.29. The van der Waals surface area contributed by atoms with Gasteiger partial charge in [-0.15, -0.1) is 0 Å². The number of aromatic nitrogens is 3. The Morgan fingerprint density at radius 3 is 2.63 bits per heavy atom. The zero-order valence-electron chi connectivity index (χ0n) is 17.7. The number of nitrogens with one attached hydrogen (secondary N) is 1. The molecule has 0 amide bonds. The van der Waals surface area contributed by atoms with Crippen molar-refractivity contribution in [1.29, 1.82) is 0 Å². The van der Waals surface area contributed by atoms with Gasteiger partial charge in [0.15, 0.2) is 0 Å². The molecule has 2 heterocycles. The summed E-state index contributed by atoms with van der Waals surface area (Å²) in [6.07, 6.45) is 7.50. The molecule has 1 aliphatic carbocycles. The number of benzene rings is 2. The summed E-state index contributed by atoms with van der Waals surface area (Å²) in [5, 5.41) is 0.971. The smallest absolute Gasteiger partial charge is 0.123 e. The van der Waals surface area contributed by atoms with Crippen molar-refractivity contribution in [2.45, 2.75) is 57.8 Å². The number of imidazole rings is 1. The molecule has 4 aromatic rings. The molecule has 0 spiro atoms. The maximum Gasteiger partial charge on any atom is 0.123 e. The Labute approximate surface area is 176 Å². The van der Waals surface area contributed by atoms with Crippen molar-refractivity contribution in [2.24, 2.45) is 5.92 Å². The van der Waals surface area contributed by atoms with Gasteiger partial charge in [0.25, 0.3) is 0 Å². The van der Waals surface area contributed by atoms with Gasteiger partial charge in [-0.25, -0.2) is 9.37 Å². The summed E-state index contributed by atoms with van der Waals surface area (Å²) in [5.74, 6) is 2.57. The van der Waals surface area contributed by atoms with E-state index in [1.165, 1.54) is 30.0 Å². The molecule has 1 fully saturated rings. The molecule has 1 aliphatic rings. The molecule has 0 atom stereocenters. The Morgan fingerprint density at radius 2 is 1.83 bits per heavy atom. The zero-order chi connectivity index (χ0) is 20.7. The molecule has 30 heavy (non-hydrogen) atoms. The second kappa shape index (κ2) is 7.82. The molecule has 0 radical (unpaired) electrons. The minimum absolute atomic E-state index is 0.184. The van der Waals surface area contributed by atoms with E-state index in [2.05, 4.69) is 48.1 Å². The Bertz CT molecular complexity index is 1190. The van der Waals surface area contributed by atoms with Crippen molar-refractivity contribution in [1.82, 2.24) is 15.0 Å². The summed E-state index contributed by atoms with van der Waals surface area (Å²) < 4.78 is 13.8. The minimum Gasteiger partial charge on any atom is -0.342 e. The third-order valence-corrected chi connectivity index (χ3v) is 6.73. The number of aromatic amines is 1. The van der Waals surface area contributed by atoms with Crippen LogP contribution in [0.1, 0.15) is 68.3 Å². The zero-order valence-corrected chi connectivity index (χ0v) is 17.7. The first-order valence-electron chi connectivity index (χ1n) is 11.1. The monoisotopic (exact) mass is 401 g/mol. The van der Waals surface area contributed by atoms with Gasteiger partial charge in [0.05, 0.1) is 16.6 Å². The molecule has 0 bridgehead atoms. The second-order valence-corrected chi connectivity index (χ2v) is 9.10. The molecule has 154 valence electrons. The Kier molecular flexibility index (Phi) is 5.01. The largest absolute Gasteiger partial charge is 0.342 e. The number of fused-ring (bicyclic) bond motifs is 2. The van der Waals surface area contributed by atoms with Crippen LogP contribution in [-0.2, 0) is 6.42 Å².